The normalized spacial score (nSPS) is 13.8. The maximum atomic E-state index is 13.5. The number of carbonyl (C=O) groups is 2. The number of nitrogens with zero attached hydrogens (tertiary/aromatic N) is 2. The lowest BCUT2D eigenvalue weighted by molar-refractivity contribution is -0.120. The van der Waals surface area contributed by atoms with E-state index in [-0.39, 0.29) is 11.8 Å². The third-order valence-electron chi connectivity index (χ3n) is 5.95. The summed E-state index contributed by atoms with van der Waals surface area (Å²) in [4.78, 5) is 31.3. The van der Waals surface area contributed by atoms with Gasteiger partial charge in [-0.2, -0.15) is 0 Å². The third-order valence-corrected chi connectivity index (χ3v) is 6.84. The van der Waals surface area contributed by atoms with E-state index in [1.165, 1.54) is 16.2 Å². The summed E-state index contributed by atoms with van der Waals surface area (Å²) in [5.41, 5.74) is 5.37. The molecule has 0 fully saturated rings. The second-order valence-electron chi connectivity index (χ2n) is 7.73. The summed E-state index contributed by atoms with van der Waals surface area (Å²) in [6, 6.07) is 17.3. The number of benzene rings is 2. The lowest BCUT2D eigenvalue weighted by Gasteiger charge is -2.22. The van der Waals surface area contributed by atoms with E-state index < -0.39 is 0 Å². The molecule has 164 valence electrons. The minimum atomic E-state index is -0.338. The van der Waals surface area contributed by atoms with Gasteiger partial charge in [-0.25, -0.2) is 4.90 Å². The van der Waals surface area contributed by atoms with E-state index in [1.54, 1.807) is 0 Å². The van der Waals surface area contributed by atoms with Crippen LogP contribution in [-0.2, 0) is 9.59 Å². The summed E-state index contributed by atoms with van der Waals surface area (Å²) in [5.74, 6) is -0.643. The van der Waals surface area contributed by atoms with Crippen LogP contribution in [0.3, 0.4) is 0 Å². The van der Waals surface area contributed by atoms with Gasteiger partial charge >= 0.3 is 0 Å². The quantitative estimate of drug-likeness (QED) is 0.481. The van der Waals surface area contributed by atoms with Crippen molar-refractivity contribution in [1.29, 1.82) is 0 Å². The molecule has 3 aromatic rings. The van der Waals surface area contributed by atoms with Gasteiger partial charge in [-0.05, 0) is 80.6 Å². The van der Waals surface area contributed by atoms with Crippen molar-refractivity contribution < 1.29 is 9.59 Å². The average molecular weight is 446 g/mol. The Balaban J connectivity index is 1.74. The topological polar surface area (TPSA) is 52.6 Å². The maximum absolute atomic E-state index is 13.5. The summed E-state index contributed by atoms with van der Waals surface area (Å²) in [6.45, 7) is 10.0. The average Bonchev–Trinajstić information content (AvgIpc) is 3.40. The summed E-state index contributed by atoms with van der Waals surface area (Å²) in [7, 11) is 0. The Morgan fingerprint density at radius 2 is 1.62 bits per heavy atom. The Hall–Kier alpha value is -3.38. The van der Waals surface area contributed by atoms with Gasteiger partial charge in [0.1, 0.15) is 5.70 Å². The number of hydrogen-bond donors (Lipinski definition) is 1. The molecule has 0 spiro atoms. The zero-order valence-electron chi connectivity index (χ0n) is 18.8. The van der Waals surface area contributed by atoms with Crippen LogP contribution >= 0.6 is 11.3 Å². The molecule has 2 heterocycles. The number of rotatable bonds is 7. The lowest BCUT2D eigenvalue weighted by atomic mass is 10.1. The predicted octanol–water partition coefficient (Wildman–Crippen LogP) is 5.61. The van der Waals surface area contributed by atoms with Crippen LogP contribution < -0.4 is 15.1 Å². The molecule has 0 aliphatic carbocycles. The Labute approximate surface area is 193 Å². The number of imide groups is 1. The largest absolute Gasteiger partial charge is 0.372 e. The van der Waals surface area contributed by atoms with E-state index in [0.29, 0.717) is 17.0 Å². The molecular weight excluding hydrogens is 418 g/mol. The standard InChI is InChI=1S/C26H27N3O2S/c1-5-28(6-2)19-12-14-20(15-13-19)29-25(30)23(22-11-8-16-32-22)24(26(29)31)27-21-10-7-9-17(3)18(21)4/h7-16,27H,5-6H2,1-4H3. The summed E-state index contributed by atoms with van der Waals surface area (Å²) in [6.07, 6.45) is 0. The molecule has 1 N–H and O–H groups in total. The molecule has 32 heavy (non-hydrogen) atoms. The van der Waals surface area contributed by atoms with Crippen molar-refractivity contribution in [1.82, 2.24) is 0 Å². The van der Waals surface area contributed by atoms with E-state index in [2.05, 4.69) is 24.1 Å². The first-order valence-electron chi connectivity index (χ1n) is 10.8. The van der Waals surface area contributed by atoms with Crippen LogP contribution in [0.15, 0.2) is 65.7 Å². The molecule has 4 rings (SSSR count). The maximum Gasteiger partial charge on any atom is 0.282 e. The number of nitrogens with one attached hydrogen (secondary N) is 1. The molecule has 0 saturated heterocycles. The van der Waals surface area contributed by atoms with E-state index in [4.69, 9.17) is 0 Å². The monoisotopic (exact) mass is 445 g/mol. The minimum Gasteiger partial charge on any atom is -0.372 e. The van der Waals surface area contributed by atoms with Crippen molar-refractivity contribution in [3.8, 4) is 0 Å². The number of aryl methyl sites for hydroxylation is 1. The van der Waals surface area contributed by atoms with Gasteiger partial charge in [0.2, 0.25) is 0 Å². The fourth-order valence-electron chi connectivity index (χ4n) is 3.95. The number of hydrogen-bond acceptors (Lipinski definition) is 5. The lowest BCUT2D eigenvalue weighted by Crippen LogP contribution is -2.32. The van der Waals surface area contributed by atoms with Crippen LogP contribution in [0.5, 0.6) is 0 Å². The predicted molar refractivity (Wildman–Crippen MR) is 133 cm³/mol. The minimum absolute atomic E-state index is 0.305. The van der Waals surface area contributed by atoms with Crippen LogP contribution in [0.25, 0.3) is 5.57 Å². The van der Waals surface area contributed by atoms with E-state index >= 15 is 0 Å². The summed E-state index contributed by atoms with van der Waals surface area (Å²) >= 11 is 1.45. The highest BCUT2D eigenvalue weighted by Gasteiger charge is 2.40. The zero-order valence-corrected chi connectivity index (χ0v) is 19.6. The summed E-state index contributed by atoms with van der Waals surface area (Å²) in [5, 5.41) is 5.20. The van der Waals surface area contributed by atoms with E-state index in [9.17, 15) is 9.59 Å². The van der Waals surface area contributed by atoms with Crippen LogP contribution in [0.2, 0.25) is 0 Å². The van der Waals surface area contributed by atoms with Gasteiger partial charge in [0.25, 0.3) is 11.8 Å². The molecule has 0 unspecified atom stereocenters. The SMILES string of the molecule is CCN(CC)c1ccc(N2C(=O)C(Nc3cccc(C)c3C)=C(c3cccs3)C2=O)cc1. The van der Waals surface area contributed by atoms with Gasteiger partial charge in [0, 0.05) is 29.3 Å². The second kappa shape index (κ2) is 9.01. The number of carbonyl (C=O) groups excluding carboxylic acids is 2. The van der Waals surface area contributed by atoms with Crippen molar-refractivity contribution in [2.45, 2.75) is 27.7 Å². The van der Waals surface area contributed by atoms with Crippen LogP contribution in [0, 0.1) is 13.8 Å². The molecule has 0 radical (unpaired) electrons. The van der Waals surface area contributed by atoms with E-state index in [0.717, 1.165) is 40.5 Å². The van der Waals surface area contributed by atoms with Crippen LogP contribution in [-0.4, -0.2) is 24.9 Å². The fraction of sp³-hybridized carbons (Fsp3) is 0.231. The van der Waals surface area contributed by atoms with Crippen molar-refractivity contribution >= 4 is 45.8 Å². The number of anilines is 3. The van der Waals surface area contributed by atoms with Gasteiger partial charge in [0.15, 0.2) is 0 Å². The number of thiophene rings is 1. The molecule has 2 aromatic carbocycles. The van der Waals surface area contributed by atoms with Gasteiger partial charge in [-0.15, -0.1) is 11.3 Å². The smallest absolute Gasteiger partial charge is 0.282 e. The first-order valence-corrected chi connectivity index (χ1v) is 11.7. The molecule has 0 bridgehead atoms. The van der Waals surface area contributed by atoms with Crippen LogP contribution in [0.1, 0.15) is 29.9 Å². The third kappa shape index (κ3) is 3.82. The van der Waals surface area contributed by atoms with Gasteiger partial charge in [-0.1, -0.05) is 18.2 Å². The Morgan fingerprint density at radius 1 is 0.906 bits per heavy atom. The second-order valence-corrected chi connectivity index (χ2v) is 8.68. The molecule has 1 aliphatic heterocycles. The Morgan fingerprint density at radius 3 is 2.25 bits per heavy atom. The van der Waals surface area contributed by atoms with Gasteiger partial charge in [0.05, 0.1) is 11.3 Å². The molecule has 5 nitrogen and oxygen atoms in total. The van der Waals surface area contributed by atoms with E-state index in [1.807, 2.05) is 73.8 Å². The molecule has 0 atom stereocenters. The fourth-order valence-corrected chi connectivity index (χ4v) is 4.72. The first-order chi connectivity index (χ1) is 15.5. The van der Waals surface area contributed by atoms with Crippen molar-refractivity contribution in [2.75, 3.05) is 28.2 Å². The Kier molecular flexibility index (Phi) is 6.15. The molecule has 2 amide bonds. The van der Waals surface area contributed by atoms with Crippen molar-refractivity contribution in [2.24, 2.45) is 0 Å². The molecule has 0 saturated carbocycles. The highest BCUT2D eigenvalue weighted by Crippen LogP contribution is 2.36. The van der Waals surface area contributed by atoms with Crippen molar-refractivity contribution in [3.05, 3.63) is 81.7 Å². The van der Waals surface area contributed by atoms with Crippen LogP contribution in [0.4, 0.5) is 17.1 Å². The Bertz CT molecular complexity index is 1180. The highest BCUT2D eigenvalue weighted by atomic mass is 32.1. The highest BCUT2D eigenvalue weighted by molar-refractivity contribution is 7.11. The molecular formula is C26H27N3O2S. The molecule has 1 aliphatic rings. The zero-order chi connectivity index (χ0) is 22.8. The molecule has 1 aromatic heterocycles. The van der Waals surface area contributed by atoms with Crippen molar-refractivity contribution in [3.63, 3.8) is 0 Å². The number of amides is 2. The summed E-state index contributed by atoms with van der Waals surface area (Å²) < 4.78 is 0. The van der Waals surface area contributed by atoms with Gasteiger partial charge < -0.3 is 10.2 Å². The van der Waals surface area contributed by atoms with Gasteiger partial charge in [-0.3, -0.25) is 9.59 Å². The first kappa shape index (κ1) is 21.8. The molecule has 6 heteroatoms.